The van der Waals surface area contributed by atoms with Gasteiger partial charge in [0.2, 0.25) is 5.91 Å². The number of amides is 1. The molecule has 0 aliphatic heterocycles. The lowest BCUT2D eigenvalue weighted by Crippen LogP contribution is -2.27. The Morgan fingerprint density at radius 1 is 1.42 bits per heavy atom. The zero-order valence-electron chi connectivity index (χ0n) is 11.7. The molecule has 1 rings (SSSR count). The highest BCUT2D eigenvalue weighted by Crippen LogP contribution is 2.16. The summed E-state index contributed by atoms with van der Waals surface area (Å²) >= 11 is 0. The number of rotatable bonds is 10. The molecule has 0 fully saturated rings. The van der Waals surface area contributed by atoms with Crippen LogP contribution in [-0.2, 0) is 11.3 Å². The van der Waals surface area contributed by atoms with Crippen molar-refractivity contribution in [2.24, 2.45) is 11.7 Å². The molecule has 0 aromatic carbocycles. The van der Waals surface area contributed by atoms with Crippen molar-refractivity contribution in [1.29, 1.82) is 0 Å². The number of hydrogen-bond donors (Lipinski definition) is 2. The molecule has 19 heavy (non-hydrogen) atoms. The monoisotopic (exact) mass is 267 g/mol. The SMILES string of the molecule is CCCC(CCN)CCC(=O)NCCn1ccnn1. The third kappa shape index (κ3) is 6.91. The number of carbonyl (C=O) groups is 1. The lowest BCUT2D eigenvalue weighted by molar-refractivity contribution is -0.121. The van der Waals surface area contributed by atoms with E-state index in [0.717, 1.165) is 25.7 Å². The fourth-order valence-electron chi connectivity index (χ4n) is 2.16. The van der Waals surface area contributed by atoms with Crippen molar-refractivity contribution in [3.63, 3.8) is 0 Å². The van der Waals surface area contributed by atoms with Crippen molar-refractivity contribution in [1.82, 2.24) is 20.3 Å². The molecule has 108 valence electrons. The van der Waals surface area contributed by atoms with Gasteiger partial charge in [-0.3, -0.25) is 9.48 Å². The minimum Gasteiger partial charge on any atom is -0.354 e. The summed E-state index contributed by atoms with van der Waals surface area (Å²) < 4.78 is 1.70. The molecule has 3 N–H and O–H groups in total. The van der Waals surface area contributed by atoms with Gasteiger partial charge in [0.25, 0.3) is 0 Å². The highest BCUT2D eigenvalue weighted by Gasteiger charge is 2.09. The van der Waals surface area contributed by atoms with E-state index < -0.39 is 0 Å². The summed E-state index contributed by atoms with van der Waals surface area (Å²) in [5, 5.41) is 10.4. The smallest absolute Gasteiger partial charge is 0.220 e. The van der Waals surface area contributed by atoms with Gasteiger partial charge in [-0.15, -0.1) is 5.10 Å². The lowest BCUT2D eigenvalue weighted by Gasteiger charge is -2.14. The second kappa shape index (κ2) is 9.49. The first-order valence-electron chi connectivity index (χ1n) is 7.07. The quantitative estimate of drug-likeness (QED) is 0.660. The Morgan fingerprint density at radius 2 is 2.26 bits per heavy atom. The van der Waals surface area contributed by atoms with Crippen molar-refractivity contribution >= 4 is 5.91 Å². The van der Waals surface area contributed by atoms with E-state index in [1.165, 1.54) is 0 Å². The molecule has 0 saturated carbocycles. The molecule has 1 aromatic rings. The van der Waals surface area contributed by atoms with Gasteiger partial charge in [0.1, 0.15) is 0 Å². The summed E-state index contributed by atoms with van der Waals surface area (Å²) in [5.74, 6) is 0.689. The maximum Gasteiger partial charge on any atom is 0.220 e. The molecule has 1 unspecified atom stereocenters. The molecule has 6 heteroatoms. The molecule has 0 aliphatic carbocycles. The highest BCUT2D eigenvalue weighted by atomic mass is 16.1. The van der Waals surface area contributed by atoms with Gasteiger partial charge >= 0.3 is 0 Å². The van der Waals surface area contributed by atoms with Gasteiger partial charge in [-0.2, -0.15) is 0 Å². The summed E-state index contributed by atoms with van der Waals surface area (Å²) in [6, 6.07) is 0. The summed E-state index contributed by atoms with van der Waals surface area (Å²) in [4.78, 5) is 11.7. The van der Waals surface area contributed by atoms with Gasteiger partial charge in [0, 0.05) is 19.2 Å². The predicted octanol–water partition coefficient (Wildman–Crippen LogP) is 0.940. The topological polar surface area (TPSA) is 85.8 Å². The molecule has 1 amide bonds. The third-order valence-corrected chi connectivity index (χ3v) is 3.19. The Balaban J connectivity index is 2.12. The van der Waals surface area contributed by atoms with E-state index in [1.807, 2.05) is 0 Å². The van der Waals surface area contributed by atoms with Gasteiger partial charge in [0.05, 0.1) is 12.7 Å². The third-order valence-electron chi connectivity index (χ3n) is 3.19. The van der Waals surface area contributed by atoms with Crippen LogP contribution in [0.1, 0.15) is 39.0 Å². The largest absolute Gasteiger partial charge is 0.354 e. The molecule has 0 radical (unpaired) electrons. The Kier molecular flexibility index (Phi) is 7.81. The van der Waals surface area contributed by atoms with Crippen LogP contribution in [0.4, 0.5) is 0 Å². The van der Waals surface area contributed by atoms with Gasteiger partial charge in [-0.1, -0.05) is 25.0 Å². The van der Waals surface area contributed by atoms with Gasteiger partial charge in [-0.25, -0.2) is 0 Å². The van der Waals surface area contributed by atoms with Crippen LogP contribution in [0.2, 0.25) is 0 Å². The van der Waals surface area contributed by atoms with E-state index in [9.17, 15) is 4.79 Å². The zero-order chi connectivity index (χ0) is 13.9. The van der Waals surface area contributed by atoms with Crippen molar-refractivity contribution in [3.8, 4) is 0 Å². The van der Waals surface area contributed by atoms with E-state index in [0.29, 0.717) is 32.0 Å². The average Bonchev–Trinajstić information content (AvgIpc) is 2.90. The van der Waals surface area contributed by atoms with Crippen molar-refractivity contribution < 1.29 is 4.79 Å². The van der Waals surface area contributed by atoms with Crippen molar-refractivity contribution in [2.45, 2.75) is 45.6 Å². The summed E-state index contributed by atoms with van der Waals surface area (Å²) in [6.07, 6.45) is 8.25. The molecule has 1 atom stereocenters. The maximum atomic E-state index is 11.7. The predicted molar refractivity (Wildman–Crippen MR) is 74.3 cm³/mol. The van der Waals surface area contributed by atoms with Crippen LogP contribution < -0.4 is 11.1 Å². The summed E-state index contributed by atoms with van der Waals surface area (Å²) in [5.41, 5.74) is 5.58. The Labute approximate surface area is 114 Å². The number of aromatic nitrogens is 3. The van der Waals surface area contributed by atoms with Crippen molar-refractivity contribution in [2.75, 3.05) is 13.1 Å². The lowest BCUT2D eigenvalue weighted by atomic mass is 9.94. The van der Waals surface area contributed by atoms with Crippen LogP contribution in [0.3, 0.4) is 0 Å². The fourth-order valence-corrected chi connectivity index (χ4v) is 2.16. The Hall–Kier alpha value is -1.43. The molecular formula is C13H25N5O. The standard InChI is InChI=1S/C13H25N5O/c1-2-3-12(6-7-14)4-5-13(19)15-8-10-18-11-9-16-17-18/h9,11-12H,2-8,10,14H2,1H3,(H,15,19). The Morgan fingerprint density at radius 3 is 2.89 bits per heavy atom. The first-order valence-corrected chi connectivity index (χ1v) is 7.07. The molecule has 0 spiro atoms. The van der Waals surface area contributed by atoms with Crippen LogP contribution in [0, 0.1) is 5.92 Å². The summed E-state index contributed by atoms with van der Waals surface area (Å²) in [7, 11) is 0. The molecule has 0 bridgehead atoms. The van der Waals surface area contributed by atoms with Crippen LogP contribution in [-0.4, -0.2) is 34.0 Å². The van der Waals surface area contributed by atoms with Crippen LogP contribution in [0.5, 0.6) is 0 Å². The number of nitrogens with one attached hydrogen (secondary N) is 1. The normalized spacial score (nSPS) is 12.3. The minimum absolute atomic E-state index is 0.109. The first kappa shape index (κ1) is 15.6. The summed E-state index contributed by atoms with van der Waals surface area (Å²) in [6.45, 7) is 4.13. The van der Waals surface area contributed by atoms with Gasteiger partial charge in [0.15, 0.2) is 0 Å². The number of hydrogen-bond acceptors (Lipinski definition) is 4. The molecule has 0 aliphatic rings. The molecule has 6 nitrogen and oxygen atoms in total. The van der Waals surface area contributed by atoms with Crippen LogP contribution >= 0.6 is 0 Å². The number of nitrogens with zero attached hydrogens (tertiary/aromatic N) is 3. The second-order valence-electron chi connectivity index (χ2n) is 4.79. The van der Waals surface area contributed by atoms with E-state index in [4.69, 9.17) is 5.73 Å². The fraction of sp³-hybridized carbons (Fsp3) is 0.769. The zero-order valence-corrected chi connectivity index (χ0v) is 11.7. The minimum atomic E-state index is 0.109. The number of nitrogens with two attached hydrogens (primary N) is 1. The number of carbonyl (C=O) groups excluding carboxylic acids is 1. The molecule has 1 heterocycles. The maximum absolute atomic E-state index is 11.7. The molecule has 0 saturated heterocycles. The van der Waals surface area contributed by atoms with Crippen molar-refractivity contribution in [3.05, 3.63) is 12.4 Å². The highest BCUT2D eigenvalue weighted by molar-refractivity contribution is 5.75. The van der Waals surface area contributed by atoms with E-state index in [-0.39, 0.29) is 5.91 Å². The Bertz CT molecular complexity index is 333. The van der Waals surface area contributed by atoms with E-state index in [2.05, 4.69) is 22.6 Å². The van der Waals surface area contributed by atoms with Gasteiger partial charge in [-0.05, 0) is 25.3 Å². The molecule has 1 aromatic heterocycles. The molecular weight excluding hydrogens is 242 g/mol. The van der Waals surface area contributed by atoms with Gasteiger partial charge < -0.3 is 11.1 Å². The average molecular weight is 267 g/mol. The van der Waals surface area contributed by atoms with E-state index >= 15 is 0 Å². The second-order valence-corrected chi connectivity index (χ2v) is 4.79. The van der Waals surface area contributed by atoms with Crippen LogP contribution in [0.15, 0.2) is 12.4 Å². The van der Waals surface area contributed by atoms with E-state index in [1.54, 1.807) is 17.1 Å². The van der Waals surface area contributed by atoms with Crippen LogP contribution in [0.25, 0.3) is 0 Å². The first-order chi connectivity index (χ1) is 9.26.